The van der Waals surface area contributed by atoms with Crippen molar-refractivity contribution in [1.29, 1.82) is 0 Å². The molecule has 0 aromatic heterocycles. The molecule has 0 heterocycles. The summed E-state index contributed by atoms with van der Waals surface area (Å²) in [5.74, 6) is 0.931. The zero-order chi connectivity index (χ0) is 17.2. The lowest BCUT2D eigenvalue weighted by atomic mass is 10.2. The standard InChI is InChI=1S/C20H25Cl2NO/c1-2-3-4-5-6-11-24-20-9-7-16(8-10-20)15-23-19-13-17(21)12-18(22)14-19/h7-10,12-14,23H,2-6,11,15H2,1H3. The smallest absolute Gasteiger partial charge is 0.119 e. The van der Waals surface area contributed by atoms with E-state index < -0.39 is 0 Å². The highest BCUT2D eigenvalue weighted by Crippen LogP contribution is 2.23. The highest BCUT2D eigenvalue weighted by molar-refractivity contribution is 6.35. The monoisotopic (exact) mass is 365 g/mol. The van der Waals surface area contributed by atoms with E-state index in [0.717, 1.165) is 24.5 Å². The van der Waals surface area contributed by atoms with Crippen molar-refractivity contribution in [3.8, 4) is 5.75 Å². The van der Waals surface area contributed by atoms with Crippen molar-refractivity contribution in [3.63, 3.8) is 0 Å². The van der Waals surface area contributed by atoms with Crippen molar-refractivity contribution in [3.05, 3.63) is 58.1 Å². The third-order valence-electron chi connectivity index (χ3n) is 3.80. The molecule has 4 heteroatoms. The zero-order valence-electron chi connectivity index (χ0n) is 14.2. The maximum atomic E-state index is 6.00. The van der Waals surface area contributed by atoms with Gasteiger partial charge in [-0.15, -0.1) is 0 Å². The van der Waals surface area contributed by atoms with Gasteiger partial charge in [0.25, 0.3) is 0 Å². The van der Waals surface area contributed by atoms with Crippen molar-refractivity contribution >= 4 is 28.9 Å². The molecule has 2 aromatic carbocycles. The van der Waals surface area contributed by atoms with Gasteiger partial charge in [0, 0.05) is 22.3 Å². The molecule has 0 amide bonds. The number of unbranched alkanes of at least 4 members (excludes halogenated alkanes) is 4. The number of hydrogen-bond acceptors (Lipinski definition) is 2. The average molecular weight is 366 g/mol. The van der Waals surface area contributed by atoms with Crippen LogP contribution in [-0.4, -0.2) is 6.61 Å². The molecule has 0 aliphatic heterocycles. The Bertz CT molecular complexity index is 593. The molecule has 0 unspecified atom stereocenters. The highest BCUT2D eigenvalue weighted by atomic mass is 35.5. The van der Waals surface area contributed by atoms with E-state index in [0.29, 0.717) is 16.6 Å². The van der Waals surface area contributed by atoms with Crippen LogP contribution in [0.25, 0.3) is 0 Å². The first-order chi connectivity index (χ1) is 11.7. The normalized spacial score (nSPS) is 10.6. The highest BCUT2D eigenvalue weighted by Gasteiger charge is 2.00. The van der Waals surface area contributed by atoms with Gasteiger partial charge in [-0.25, -0.2) is 0 Å². The number of ether oxygens (including phenoxy) is 1. The predicted molar refractivity (Wildman–Crippen MR) is 104 cm³/mol. The average Bonchev–Trinajstić information content (AvgIpc) is 2.56. The van der Waals surface area contributed by atoms with E-state index in [1.807, 2.05) is 24.3 Å². The van der Waals surface area contributed by atoms with Crippen molar-refractivity contribution in [2.75, 3.05) is 11.9 Å². The van der Waals surface area contributed by atoms with Crippen LogP contribution in [0.4, 0.5) is 5.69 Å². The zero-order valence-corrected chi connectivity index (χ0v) is 15.7. The van der Waals surface area contributed by atoms with E-state index in [2.05, 4.69) is 24.4 Å². The van der Waals surface area contributed by atoms with Crippen LogP contribution in [0, 0.1) is 0 Å². The minimum Gasteiger partial charge on any atom is -0.494 e. The Hall–Kier alpha value is -1.38. The van der Waals surface area contributed by atoms with Gasteiger partial charge in [0.1, 0.15) is 5.75 Å². The Morgan fingerprint density at radius 1 is 0.875 bits per heavy atom. The molecule has 0 atom stereocenters. The van der Waals surface area contributed by atoms with Crippen LogP contribution in [-0.2, 0) is 6.54 Å². The molecule has 0 saturated carbocycles. The number of halogens is 2. The molecule has 0 aliphatic carbocycles. The third-order valence-corrected chi connectivity index (χ3v) is 4.24. The Morgan fingerprint density at radius 3 is 2.21 bits per heavy atom. The molecule has 2 rings (SSSR count). The number of rotatable bonds is 10. The number of nitrogens with one attached hydrogen (secondary N) is 1. The molecule has 1 N–H and O–H groups in total. The van der Waals surface area contributed by atoms with Gasteiger partial charge in [-0.2, -0.15) is 0 Å². The molecule has 0 bridgehead atoms. The molecule has 0 saturated heterocycles. The maximum Gasteiger partial charge on any atom is 0.119 e. The minimum absolute atomic E-state index is 0.632. The SMILES string of the molecule is CCCCCCCOc1ccc(CNc2cc(Cl)cc(Cl)c2)cc1. The minimum atomic E-state index is 0.632. The summed E-state index contributed by atoms with van der Waals surface area (Å²) in [6.45, 7) is 3.74. The van der Waals surface area contributed by atoms with Crippen LogP contribution >= 0.6 is 23.2 Å². The summed E-state index contributed by atoms with van der Waals surface area (Å²) in [5.41, 5.74) is 2.10. The van der Waals surface area contributed by atoms with Crippen LogP contribution < -0.4 is 10.1 Å². The van der Waals surface area contributed by atoms with Gasteiger partial charge in [-0.05, 0) is 42.3 Å². The fourth-order valence-corrected chi connectivity index (χ4v) is 2.99. The number of benzene rings is 2. The van der Waals surface area contributed by atoms with E-state index in [1.165, 1.54) is 31.2 Å². The summed E-state index contributed by atoms with van der Waals surface area (Å²) in [4.78, 5) is 0. The molecule has 0 fully saturated rings. The van der Waals surface area contributed by atoms with Crippen LogP contribution in [0.3, 0.4) is 0 Å². The van der Waals surface area contributed by atoms with E-state index in [9.17, 15) is 0 Å². The second kappa shape index (κ2) is 10.5. The Morgan fingerprint density at radius 2 is 1.54 bits per heavy atom. The fraction of sp³-hybridized carbons (Fsp3) is 0.400. The van der Waals surface area contributed by atoms with E-state index in [-0.39, 0.29) is 0 Å². The molecular weight excluding hydrogens is 341 g/mol. The first kappa shape index (κ1) is 19.0. The van der Waals surface area contributed by atoms with Crippen LogP contribution in [0.5, 0.6) is 5.75 Å². The molecule has 0 radical (unpaired) electrons. The summed E-state index contributed by atoms with van der Waals surface area (Å²) in [6.07, 6.45) is 6.27. The quantitative estimate of drug-likeness (QED) is 0.459. The lowest BCUT2D eigenvalue weighted by Gasteiger charge is -2.09. The van der Waals surface area contributed by atoms with E-state index in [1.54, 1.807) is 6.07 Å². The van der Waals surface area contributed by atoms with E-state index >= 15 is 0 Å². The molecule has 24 heavy (non-hydrogen) atoms. The predicted octanol–water partition coefficient (Wildman–Crippen LogP) is 6.95. The van der Waals surface area contributed by atoms with Gasteiger partial charge in [0.15, 0.2) is 0 Å². The van der Waals surface area contributed by atoms with Crippen molar-refractivity contribution in [2.45, 2.75) is 45.6 Å². The van der Waals surface area contributed by atoms with Crippen molar-refractivity contribution < 1.29 is 4.74 Å². The summed E-state index contributed by atoms with van der Waals surface area (Å²) >= 11 is 12.0. The molecule has 0 spiro atoms. The fourth-order valence-electron chi connectivity index (χ4n) is 2.46. The molecule has 130 valence electrons. The van der Waals surface area contributed by atoms with E-state index in [4.69, 9.17) is 27.9 Å². The summed E-state index contributed by atoms with van der Waals surface area (Å²) in [7, 11) is 0. The van der Waals surface area contributed by atoms with Crippen LogP contribution in [0.1, 0.15) is 44.6 Å². The summed E-state index contributed by atoms with van der Waals surface area (Å²) < 4.78 is 5.78. The molecule has 2 nitrogen and oxygen atoms in total. The van der Waals surface area contributed by atoms with Crippen molar-refractivity contribution in [2.24, 2.45) is 0 Å². The lowest BCUT2D eigenvalue weighted by Crippen LogP contribution is -2.00. The number of hydrogen-bond donors (Lipinski definition) is 1. The first-order valence-electron chi connectivity index (χ1n) is 8.59. The number of anilines is 1. The maximum absolute atomic E-state index is 6.00. The Labute approximate surface area is 155 Å². The Balaban J connectivity index is 1.73. The summed E-state index contributed by atoms with van der Waals surface area (Å²) in [6, 6.07) is 13.6. The second-order valence-corrected chi connectivity index (χ2v) is 6.79. The third kappa shape index (κ3) is 7.02. The summed E-state index contributed by atoms with van der Waals surface area (Å²) in [5, 5.41) is 4.59. The van der Waals surface area contributed by atoms with Gasteiger partial charge >= 0.3 is 0 Å². The van der Waals surface area contributed by atoms with Gasteiger partial charge in [0.05, 0.1) is 6.61 Å². The largest absolute Gasteiger partial charge is 0.494 e. The van der Waals surface area contributed by atoms with Crippen molar-refractivity contribution in [1.82, 2.24) is 0 Å². The first-order valence-corrected chi connectivity index (χ1v) is 9.34. The van der Waals surface area contributed by atoms with Gasteiger partial charge in [-0.3, -0.25) is 0 Å². The van der Waals surface area contributed by atoms with Gasteiger partial charge < -0.3 is 10.1 Å². The lowest BCUT2D eigenvalue weighted by molar-refractivity contribution is 0.304. The molecule has 0 aliphatic rings. The van der Waals surface area contributed by atoms with Gasteiger partial charge in [0.2, 0.25) is 0 Å². The molecule has 2 aromatic rings. The van der Waals surface area contributed by atoms with Crippen LogP contribution in [0.2, 0.25) is 10.0 Å². The van der Waals surface area contributed by atoms with Gasteiger partial charge in [-0.1, -0.05) is 67.9 Å². The molecular formula is C20H25Cl2NO. The Kier molecular flexibility index (Phi) is 8.27. The second-order valence-electron chi connectivity index (χ2n) is 5.92. The topological polar surface area (TPSA) is 21.3 Å². The van der Waals surface area contributed by atoms with Crippen LogP contribution in [0.15, 0.2) is 42.5 Å².